The molecular formula is C20H19N5O2. The van der Waals surface area contributed by atoms with Crippen molar-refractivity contribution in [3.05, 3.63) is 75.9 Å². The first-order valence-corrected chi connectivity index (χ1v) is 8.79. The Hall–Kier alpha value is -3.48. The summed E-state index contributed by atoms with van der Waals surface area (Å²) in [5.74, 6) is 0.713. The number of anilines is 1. The van der Waals surface area contributed by atoms with Crippen LogP contribution in [0.2, 0.25) is 0 Å². The normalized spacial score (nSPS) is 11.0. The Morgan fingerprint density at radius 3 is 2.81 bits per heavy atom. The van der Waals surface area contributed by atoms with E-state index in [1.54, 1.807) is 4.68 Å². The Kier molecular flexibility index (Phi) is 4.42. The van der Waals surface area contributed by atoms with Crippen LogP contribution in [0.5, 0.6) is 0 Å². The average Bonchev–Trinajstić information content (AvgIpc) is 3.11. The van der Waals surface area contributed by atoms with Gasteiger partial charge < -0.3 is 9.73 Å². The lowest BCUT2D eigenvalue weighted by Crippen LogP contribution is -2.06. The number of rotatable bonds is 5. The predicted octanol–water partition coefficient (Wildman–Crippen LogP) is 3.25. The van der Waals surface area contributed by atoms with Gasteiger partial charge in [0.15, 0.2) is 5.82 Å². The van der Waals surface area contributed by atoms with Crippen molar-refractivity contribution in [3.8, 4) is 5.69 Å². The topological polar surface area (TPSA) is 85.8 Å². The molecule has 2 aromatic carbocycles. The van der Waals surface area contributed by atoms with Crippen LogP contribution in [0, 0.1) is 6.92 Å². The van der Waals surface area contributed by atoms with Crippen LogP contribution >= 0.6 is 0 Å². The number of hydrogen-bond acceptors (Lipinski definition) is 6. The number of benzene rings is 2. The van der Waals surface area contributed by atoms with E-state index >= 15 is 0 Å². The van der Waals surface area contributed by atoms with E-state index in [1.807, 2.05) is 43.3 Å². The van der Waals surface area contributed by atoms with Gasteiger partial charge in [-0.25, -0.2) is 4.79 Å². The molecule has 1 N–H and O–H groups in total. The zero-order valence-corrected chi connectivity index (χ0v) is 15.1. The average molecular weight is 361 g/mol. The number of tetrazole rings is 1. The molecule has 0 saturated heterocycles. The van der Waals surface area contributed by atoms with Crippen LogP contribution in [0.25, 0.3) is 16.7 Å². The Balaban J connectivity index is 1.62. The molecule has 0 amide bonds. The summed E-state index contributed by atoms with van der Waals surface area (Å²) in [7, 11) is 0. The molecule has 0 atom stereocenters. The molecule has 0 aliphatic rings. The van der Waals surface area contributed by atoms with E-state index in [-0.39, 0.29) is 5.63 Å². The van der Waals surface area contributed by atoms with Crippen molar-refractivity contribution < 1.29 is 4.42 Å². The molecule has 7 heteroatoms. The molecule has 0 aliphatic heterocycles. The number of nitrogens with one attached hydrogen (secondary N) is 1. The summed E-state index contributed by atoms with van der Waals surface area (Å²) < 4.78 is 7.04. The van der Waals surface area contributed by atoms with Crippen LogP contribution in [0.1, 0.15) is 23.9 Å². The lowest BCUT2D eigenvalue weighted by Gasteiger charge is -2.10. The summed E-state index contributed by atoms with van der Waals surface area (Å²) in [5.41, 5.74) is 4.09. The first-order valence-electron chi connectivity index (χ1n) is 8.79. The number of hydrogen-bond donors (Lipinski definition) is 1. The van der Waals surface area contributed by atoms with Crippen LogP contribution in [-0.2, 0) is 13.0 Å². The third-order valence-corrected chi connectivity index (χ3v) is 4.50. The fourth-order valence-corrected chi connectivity index (χ4v) is 3.06. The number of nitrogens with zero attached hydrogens (tertiary/aromatic N) is 4. The monoisotopic (exact) mass is 361 g/mol. The molecule has 136 valence electrons. The number of aryl methyl sites for hydroxylation is 2. The molecule has 0 aliphatic carbocycles. The van der Waals surface area contributed by atoms with E-state index < -0.39 is 0 Å². The minimum atomic E-state index is -0.342. The van der Waals surface area contributed by atoms with Crippen molar-refractivity contribution in [1.29, 1.82) is 0 Å². The minimum Gasteiger partial charge on any atom is -0.423 e. The number of aromatic nitrogens is 4. The molecule has 4 rings (SSSR count). The summed E-state index contributed by atoms with van der Waals surface area (Å²) in [4.78, 5) is 11.9. The van der Waals surface area contributed by atoms with Gasteiger partial charge >= 0.3 is 5.63 Å². The lowest BCUT2D eigenvalue weighted by molar-refractivity contribution is 0.559. The molecular weight excluding hydrogens is 342 g/mol. The zero-order chi connectivity index (χ0) is 18.8. The third-order valence-electron chi connectivity index (χ3n) is 4.50. The Morgan fingerprint density at radius 2 is 2.04 bits per heavy atom. The molecule has 2 heterocycles. The first kappa shape index (κ1) is 17.0. The Morgan fingerprint density at radius 1 is 1.15 bits per heavy atom. The van der Waals surface area contributed by atoms with Gasteiger partial charge in [-0.05, 0) is 59.2 Å². The van der Waals surface area contributed by atoms with Gasteiger partial charge in [0.05, 0.1) is 5.69 Å². The number of fused-ring (bicyclic) bond motifs is 1. The van der Waals surface area contributed by atoms with Gasteiger partial charge in [-0.2, -0.15) is 4.68 Å². The molecule has 0 unspecified atom stereocenters. The van der Waals surface area contributed by atoms with Gasteiger partial charge in [-0.3, -0.25) is 0 Å². The first-order chi connectivity index (χ1) is 13.1. The molecule has 4 aromatic rings. The van der Waals surface area contributed by atoms with Crippen molar-refractivity contribution in [3.63, 3.8) is 0 Å². The standard InChI is InChI=1S/C20H19N5O2/c1-3-14-7-8-18-15(10-20(26)27-19(18)9-14)12-21-16-5-4-6-17(11-16)25-13(2)22-23-24-25/h4-11,21H,3,12H2,1-2H3. The summed E-state index contributed by atoms with van der Waals surface area (Å²) >= 11 is 0. The quantitative estimate of drug-likeness (QED) is 0.549. The zero-order valence-electron chi connectivity index (χ0n) is 15.1. The van der Waals surface area contributed by atoms with Crippen LogP contribution < -0.4 is 10.9 Å². The maximum atomic E-state index is 11.9. The van der Waals surface area contributed by atoms with E-state index in [0.717, 1.165) is 34.3 Å². The Labute approximate surface area is 155 Å². The van der Waals surface area contributed by atoms with Gasteiger partial charge in [-0.15, -0.1) is 5.10 Å². The van der Waals surface area contributed by atoms with Gasteiger partial charge in [-0.1, -0.05) is 25.1 Å². The highest BCUT2D eigenvalue weighted by Gasteiger charge is 2.08. The molecule has 2 aromatic heterocycles. The van der Waals surface area contributed by atoms with Crippen molar-refractivity contribution in [2.45, 2.75) is 26.8 Å². The van der Waals surface area contributed by atoms with Crippen LogP contribution in [-0.4, -0.2) is 20.2 Å². The third kappa shape index (κ3) is 3.44. The van der Waals surface area contributed by atoms with Gasteiger partial charge in [0.2, 0.25) is 0 Å². The van der Waals surface area contributed by atoms with Crippen molar-refractivity contribution >= 4 is 16.7 Å². The van der Waals surface area contributed by atoms with Gasteiger partial charge in [0.25, 0.3) is 0 Å². The van der Waals surface area contributed by atoms with E-state index in [0.29, 0.717) is 18.0 Å². The molecule has 27 heavy (non-hydrogen) atoms. The van der Waals surface area contributed by atoms with Crippen LogP contribution in [0.4, 0.5) is 5.69 Å². The summed E-state index contributed by atoms with van der Waals surface area (Å²) in [5, 5.41) is 15.9. The summed E-state index contributed by atoms with van der Waals surface area (Å²) in [6, 6.07) is 15.3. The SMILES string of the molecule is CCc1ccc2c(CNc3cccc(-n4nnnc4C)c3)cc(=O)oc2c1. The molecule has 0 bridgehead atoms. The van der Waals surface area contributed by atoms with Crippen LogP contribution in [0.3, 0.4) is 0 Å². The highest BCUT2D eigenvalue weighted by atomic mass is 16.4. The lowest BCUT2D eigenvalue weighted by atomic mass is 10.1. The Bertz CT molecular complexity index is 1160. The summed E-state index contributed by atoms with van der Waals surface area (Å²) in [6.07, 6.45) is 0.894. The second kappa shape index (κ2) is 7.03. The second-order valence-corrected chi connectivity index (χ2v) is 6.32. The van der Waals surface area contributed by atoms with Crippen molar-refractivity contribution in [1.82, 2.24) is 20.2 Å². The van der Waals surface area contributed by atoms with E-state index in [9.17, 15) is 4.79 Å². The highest BCUT2D eigenvalue weighted by Crippen LogP contribution is 2.21. The largest absolute Gasteiger partial charge is 0.423 e. The van der Waals surface area contributed by atoms with Gasteiger partial charge in [0, 0.05) is 23.7 Å². The van der Waals surface area contributed by atoms with Crippen molar-refractivity contribution in [2.75, 3.05) is 5.32 Å². The highest BCUT2D eigenvalue weighted by molar-refractivity contribution is 5.81. The molecule has 0 spiro atoms. The van der Waals surface area contributed by atoms with Gasteiger partial charge in [0.1, 0.15) is 5.58 Å². The van der Waals surface area contributed by atoms with E-state index in [1.165, 1.54) is 6.07 Å². The smallest absolute Gasteiger partial charge is 0.336 e. The van der Waals surface area contributed by atoms with Crippen LogP contribution in [0.15, 0.2) is 57.7 Å². The van der Waals surface area contributed by atoms with E-state index in [4.69, 9.17) is 4.42 Å². The fraction of sp³-hybridized carbons (Fsp3) is 0.200. The fourth-order valence-electron chi connectivity index (χ4n) is 3.06. The van der Waals surface area contributed by atoms with E-state index in [2.05, 4.69) is 33.8 Å². The minimum absolute atomic E-state index is 0.342. The second-order valence-electron chi connectivity index (χ2n) is 6.32. The molecule has 0 radical (unpaired) electrons. The molecule has 0 saturated carbocycles. The predicted molar refractivity (Wildman–Crippen MR) is 103 cm³/mol. The summed E-state index contributed by atoms with van der Waals surface area (Å²) in [6.45, 7) is 4.43. The maximum absolute atomic E-state index is 11.9. The maximum Gasteiger partial charge on any atom is 0.336 e. The molecule has 7 nitrogen and oxygen atoms in total. The van der Waals surface area contributed by atoms with Crippen molar-refractivity contribution in [2.24, 2.45) is 0 Å². The molecule has 0 fully saturated rings.